The van der Waals surface area contributed by atoms with Crippen LogP contribution in [0.25, 0.3) is 0 Å². The van der Waals surface area contributed by atoms with E-state index in [0.29, 0.717) is 5.56 Å². The number of anilines is 1. The molecule has 0 bridgehead atoms. The minimum atomic E-state index is -0.308. The van der Waals surface area contributed by atoms with Crippen LogP contribution in [0, 0.1) is 12.7 Å². The van der Waals surface area contributed by atoms with Gasteiger partial charge in [-0.3, -0.25) is 0 Å². The van der Waals surface area contributed by atoms with Gasteiger partial charge in [-0.25, -0.2) is 4.39 Å². The fourth-order valence-corrected chi connectivity index (χ4v) is 0.670. The summed E-state index contributed by atoms with van der Waals surface area (Å²) in [4.78, 5) is 0. The lowest BCUT2D eigenvalue weighted by molar-refractivity contribution is 0.623. The molecule has 62 valence electrons. The summed E-state index contributed by atoms with van der Waals surface area (Å²) < 4.78 is 12.6. The quantitative estimate of drug-likeness (QED) is 0.573. The van der Waals surface area contributed by atoms with E-state index in [1.165, 1.54) is 0 Å². The zero-order chi connectivity index (χ0) is 8.85. The minimum Gasteiger partial charge on any atom is -0.396 e. The molecular formula is C9H14FN. The molecule has 1 aromatic rings. The largest absolute Gasteiger partial charge is 0.396 e. The van der Waals surface area contributed by atoms with Crippen molar-refractivity contribution < 1.29 is 4.39 Å². The van der Waals surface area contributed by atoms with Gasteiger partial charge in [0, 0.05) is 0 Å². The molecule has 1 aromatic carbocycles. The molecule has 0 aliphatic rings. The van der Waals surface area contributed by atoms with Crippen molar-refractivity contribution in [2.24, 2.45) is 0 Å². The SMILES string of the molecule is CC.Cc1cccc(N)c1F. The molecule has 0 atom stereocenters. The molecule has 1 rings (SSSR count). The average Bonchev–Trinajstić information content (AvgIpc) is 2.04. The number of rotatable bonds is 0. The van der Waals surface area contributed by atoms with Crippen LogP contribution in [-0.4, -0.2) is 0 Å². The van der Waals surface area contributed by atoms with E-state index in [-0.39, 0.29) is 11.5 Å². The molecule has 0 aliphatic heterocycles. The highest BCUT2D eigenvalue weighted by Crippen LogP contribution is 2.12. The molecule has 0 heterocycles. The second kappa shape index (κ2) is 4.72. The van der Waals surface area contributed by atoms with Crippen molar-refractivity contribution in [2.75, 3.05) is 5.73 Å². The summed E-state index contributed by atoms with van der Waals surface area (Å²) >= 11 is 0. The predicted octanol–water partition coefficient (Wildman–Crippen LogP) is 2.74. The highest BCUT2D eigenvalue weighted by atomic mass is 19.1. The van der Waals surface area contributed by atoms with Crippen LogP contribution >= 0.6 is 0 Å². The van der Waals surface area contributed by atoms with Crippen molar-refractivity contribution in [2.45, 2.75) is 20.8 Å². The highest BCUT2D eigenvalue weighted by molar-refractivity contribution is 5.42. The first kappa shape index (κ1) is 9.95. The van der Waals surface area contributed by atoms with Gasteiger partial charge in [-0.1, -0.05) is 26.0 Å². The second-order valence-corrected chi connectivity index (χ2v) is 1.98. The van der Waals surface area contributed by atoms with Crippen LogP contribution in [0.3, 0.4) is 0 Å². The molecule has 0 amide bonds. The van der Waals surface area contributed by atoms with Crippen LogP contribution < -0.4 is 5.73 Å². The molecule has 2 heteroatoms. The molecule has 0 saturated carbocycles. The predicted molar refractivity (Wildman–Crippen MR) is 46.9 cm³/mol. The Labute approximate surface area is 67.0 Å². The monoisotopic (exact) mass is 155 g/mol. The van der Waals surface area contributed by atoms with Gasteiger partial charge in [0.25, 0.3) is 0 Å². The number of hydrogen-bond donors (Lipinski definition) is 1. The maximum atomic E-state index is 12.6. The summed E-state index contributed by atoms with van der Waals surface area (Å²) in [6.45, 7) is 5.69. The Hall–Kier alpha value is -1.05. The van der Waals surface area contributed by atoms with E-state index < -0.39 is 0 Å². The van der Waals surface area contributed by atoms with Gasteiger partial charge in [0.15, 0.2) is 0 Å². The van der Waals surface area contributed by atoms with E-state index in [2.05, 4.69) is 0 Å². The van der Waals surface area contributed by atoms with E-state index in [1.807, 2.05) is 13.8 Å². The summed E-state index contributed by atoms with van der Waals surface area (Å²) in [7, 11) is 0. The van der Waals surface area contributed by atoms with Crippen molar-refractivity contribution in [3.63, 3.8) is 0 Å². The standard InChI is InChI=1S/C7H8FN.C2H6/c1-5-3-2-4-6(9)7(5)8;1-2/h2-4H,9H2,1H3;1-2H3. The Morgan fingerprint density at radius 1 is 1.27 bits per heavy atom. The van der Waals surface area contributed by atoms with E-state index in [4.69, 9.17) is 5.73 Å². The number of halogens is 1. The number of nitrogen functional groups attached to an aromatic ring is 1. The normalized spacial score (nSPS) is 8.36. The summed E-state index contributed by atoms with van der Waals surface area (Å²) in [5, 5.41) is 0. The fraction of sp³-hybridized carbons (Fsp3) is 0.333. The Bertz CT molecular complexity index is 201. The lowest BCUT2D eigenvalue weighted by Crippen LogP contribution is -1.91. The van der Waals surface area contributed by atoms with Gasteiger partial charge in [0.05, 0.1) is 5.69 Å². The summed E-state index contributed by atoms with van der Waals surface area (Å²) in [5.41, 5.74) is 6.06. The number of benzene rings is 1. The van der Waals surface area contributed by atoms with E-state index >= 15 is 0 Å². The summed E-state index contributed by atoms with van der Waals surface area (Å²) in [6, 6.07) is 4.96. The zero-order valence-electron chi connectivity index (χ0n) is 7.19. The van der Waals surface area contributed by atoms with Gasteiger partial charge in [-0.05, 0) is 18.6 Å². The number of aryl methyl sites for hydroxylation is 1. The maximum Gasteiger partial charge on any atom is 0.148 e. The molecule has 11 heavy (non-hydrogen) atoms. The first-order valence-corrected chi connectivity index (χ1v) is 3.72. The number of nitrogens with two attached hydrogens (primary N) is 1. The van der Waals surface area contributed by atoms with Crippen LogP contribution in [-0.2, 0) is 0 Å². The van der Waals surface area contributed by atoms with Gasteiger partial charge in [-0.15, -0.1) is 0 Å². The summed E-state index contributed by atoms with van der Waals surface area (Å²) in [6.07, 6.45) is 0. The molecule has 0 radical (unpaired) electrons. The third-order valence-corrected chi connectivity index (χ3v) is 1.22. The van der Waals surface area contributed by atoms with Crippen molar-refractivity contribution in [3.8, 4) is 0 Å². The molecule has 0 unspecified atom stereocenters. The first-order chi connectivity index (χ1) is 5.22. The Morgan fingerprint density at radius 3 is 2.18 bits per heavy atom. The Balaban J connectivity index is 0.000000461. The van der Waals surface area contributed by atoms with E-state index in [0.717, 1.165) is 0 Å². The molecule has 0 saturated heterocycles. The molecule has 1 nitrogen and oxygen atoms in total. The smallest absolute Gasteiger partial charge is 0.148 e. The topological polar surface area (TPSA) is 26.0 Å². The second-order valence-electron chi connectivity index (χ2n) is 1.98. The van der Waals surface area contributed by atoms with E-state index in [1.54, 1.807) is 25.1 Å². The molecule has 0 aliphatic carbocycles. The average molecular weight is 155 g/mol. The van der Waals surface area contributed by atoms with Gasteiger partial charge in [0.2, 0.25) is 0 Å². The lowest BCUT2D eigenvalue weighted by atomic mass is 10.2. The van der Waals surface area contributed by atoms with Crippen molar-refractivity contribution >= 4 is 5.69 Å². The van der Waals surface area contributed by atoms with E-state index in [9.17, 15) is 4.39 Å². The molecule has 2 N–H and O–H groups in total. The van der Waals surface area contributed by atoms with Crippen molar-refractivity contribution in [1.29, 1.82) is 0 Å². The molecule has 0 fully saturated rings. The van der Waals surface area contributed by atoms with Gasteiger partial charge in [0.1, 0.15) is 5.82 Å². The minimum absolute atomic E-state index is 0.218. The van der Waals surface area contributed by atoms with Crippen LogP contribution in [0.4, 0.5) is 10.1 Å². The number of hydrogen-bond acceptors (Lipinski definition) is 1. The van der Waals surface area contributed by atoms with Crippen LogP contribution in [0.5, 0.6) is 0 Å². The maximum absolute atomic E-state index is 12.6. The van der Waals surface area contributed by atoms with Crippen LogP contribution in [0.15, 0.2) is 18.2 Å². The zero-order valence-corrected chi connectivity index (χ0v) is 7.19. The van der Waals surface area contributed by atoms with Crippen molar-refractivity contribution in [3.05, 3.63) is 29.6 Å². The molecule has 0 aromatic heterocycles. The highest BCUT2D eigenvalue weighted by Gasteiger charge is 1.97. The first-order valence-electron chi connectivity index (χ1n) is 3.72. The Kier molecular flexibility index (Phi) is 4.27. The third kappa shape index (κ3) is 2.58. The molecule has 0 spiro atoms. The van der Waals surface area contributed by atoms with Gasteiger partial charge in [-0.2, -0.15) is 0 Å². The van der Waals surface area contributed by atoms with Crippen LogP contribution in [0.1, 0.15) is 19.4 Å². The fourth-order valence-electron chi connectivity index (χ4n) is 0.670. The van der Waals surface area contributed by atoms with Crippen LogP contribution in [0.2, 0.25) is 0 Å². The Morgan fingerprint density at radius 2 is 1.82 bits per heavy atom. The van der Waals surface area contributed by atoms with Gasteiger partial charge >= 0.3 is 0 Å². The molecular weight excluding hydrogens is 141 g/mol. The summed E-state index contributed by atoms with van der Waals surface area (Å²) in [5.74, 6) is -0.308. The third-order valence-electron chi connectivity index (χ3n) is 1.22. The van der Waals surface area contributed by atoms with Crippen molar-refractivity contribution in [1.82, 2.24) is 0 Å². The van der Waals surface area contributed by atoms with Gasteiger partial charge < -0.3 is 5.73 Å². The lowest BCUT2D eigenvalue weighted by Gasteiger charge is -1.96.